The average Bonchev–Trinajstić information content (AvgIpc) is 3.04. The molecule has 3 aromatic carbocycles. The third-order valence-corrected chi connectivity index (χ3v) is 7.43. The molecule has 0 aliphatic heterocycles. The Morgan fingerprint density at radius 3 is 1.21 bits per heavy atom. The Kier molecular flexibility index (Phi) is 15.8. The fraction of sp³-hybridized carbons (Fsp3) is 0.459. The van der Waals surface area contributed by atoms with Crippen molar-refractivity contribution in [1.29, 1.82) is 0 Å². The summed E-state index contributed by atoms with van der Waals surface area (Å²) < 4.78 is 21.8. The fourth-order valence-electron chi connectivity index (χ4n) is 4.81. The minimum absolute atomic E-state index is 0.348. The van der Waals surface area contributed by atoms with Crippen LogP contribution in [0.2, 0.25) is 0 Å². The van der Waals surface area contributed by atoms with Crippen LogP contribution in [0.4, 0.5) is 0 Å². The number of methoxy groups -OCH3 is 1. The van der Waals surface area contributed by atoms with Gasteiger partial charge in [-0.3, -0.25) is 0 Å². The summed E-state index contributed by atoms with van der Waals surface area (Å²) in [5, 5.41) is 0. The first-order chi connectivity index (χ1) is 21.1. The van der Waals surface area contributed by atoms with Gasteiger partial charge in [0.1, 0.15) is 23.0 Å². The number of carbonyl (C=O) groups excluding carboxylic acids is 2. The van der Waals surface area contributed by atoms with Crippen molar-refractivity contribution in [3.63, 3.8) is 0 Å². The third-order valence-electron chi connectivity index (χ3n) is 7.43. The van der Waals surface area contributed by atoms with Gasteiger partial charge in [-0.25, -0.2) is 9.59 Å². The van der Waals surface area contributed by atoms with Gasteiger partial charge in [0.2, 0.25) is 0 Å². The molecule has 232 valence electrons. The van der Waals surface area contributed by atoms with E-state index in [1.54, 1.807) is 79.9 Å². The lowest BCUT2D eigenvalue weighted by Crippen LogP contribution is -2.09. The van der Waals surface area contributed by atoms with Gasteiger partial charge in [0.25, 0.3) is 0 Å². The Hall–Kier alpha value is -3.80. The van der Waals surface area contributed by atoms with Gasteiger partial charge >= 0.3 is 11.9 Å². The summed E-state index contributed by atoms with van der Waals surface area (Å²) in [5.74, 6) is 1.15. The first-order valence-electron chi connectivity index (χ1n) is 16.0. The highest BCUT2D eigenvalue weighted by Gasteiger charge is 2.11. The molecule has 0 N–H and O–H groups in total. The van der Waals surface area contributed by atoms with E-state index in [0.717, 1.165) is 12.2 Å². The summed E-state index contributed by atoms with van der Waals surface area (Å²) in [6.45, 7) is 2.95. The molecule has 0 bridgehead atoms. The van der Waals surface area contributed by atoms with Crippen LogP contribution in [0.3, 0.4) is 0 Å². The topological polar surface area (TPSA) is 71.1 Å². The standard InChI is InChI=1S/C37H48O6/c1-3-4-5-6-7-8-9-10-11-12-13-14-15-16-29-41-33-23-19-31(20-24-33)37(39)43-35-27-25-34(26-28-35)42-36(38)30-17-21-32(40-2)22-18-30/h17-28H,3-16,29H2,1-2H3. The highest BCUT2D eigenvalue weighted by atomic mass is 16.5. The Balaban J connectivity index is 1.25. The summed E-state index contributed by atoms with van der Waals surface area (Å²) in [5.41, 5.74) is 0.835. The van der Waals surface area contributed by atoms with Crippen molar-refractivity contribution < 1.29 is 28.5 Å². The maximum absolute atomic E-state index is 12.6. The lowest BCUT2D eigenvalue weighted by Gasteiger charge is -2.09. The number of hydrogen-bond acceptors (Lipinski definition) is 6. The van der Waals surface area contributed by atoms with Crippen LogP contribution in [0, 0.1) is 0 Å². The molecular formula is C37H48O6. The minimum atomic E-state index is -0.487. The van der Waals surface area contributed by atoms with E-state index in [4.69, 9.17) is 18.9 Å². The molecule has 0 saturated heterocycles. The molecule has 3 aromatic rings. The molecule has 0 fully saturated rings. The van der Waals surface area contributed by atoms with E-state index in [-0.39, 0.29) is 0 Å². The summed E-state index contributed by atoms with van der Waals surface area (Å²) in [7, 11) is 1.56. The molecule has 0 aromatic heterocycles. The molecule has 0 aliphatic rings. The zero-order valence-corrected chi connectivity index (χ0v) is 26.0. The maximum atomic E-state index is 12.6. The molecule has 0 atom stereocenters. The van der Waals surface area contributed by atoms with Gasteiger partial charge in [0, 0.05) is 0 Å². The van der Waals surface area contributed by atoms with E-state index in [9.17, 15) is 9.59 Å². The van der Waals surface area contributed by atoms with Gasteiger partial charge in [-0.15, -0.1) is 0 Å². The van der Waals surface area contributed by atoms with E-state index < -0.39 is 11.9 Å². The molecule has 0 aliphatic carbocycles. The Morgan fingerprint density at radius 2 is 0.814 bits per heavy atom. The molecule has 0 saturated carbocycles. The molecule has 0 radical (unpaired) electrons. The van der Waals surface area contributed by atoms with Crippen LogP contribution in [-0.4, -0.2) is 25.7 Å². The number of unbranched alkanes of at least 4 members (excludes halogenated alkanes) is 13. The van der Waals surface area contributed by atoms with Crippen molar-refractivity contribution in [3.8, 4) is 23.0 Å². The van der Waals surface area contributed by atoms with E-state index in [1.807, 2.05) is 0 Å². The second kappa shape index (κ2) is 20.2. The second-order valence-electron chi connectivity index (χ2n) is 10.9. The van der Waals surface area contributed by atoms with Gasteiger partial charge in [-0.2, -0.15) is 0 Å². The van der Waals surface area contributed by atoms with E-state index in [0.29, 0.717) is 35.0 Å². The third kappa shape index (κ3) is 13.4. The Bertz CT molecular complexity index is 1190. The van der Waals surface area contributed by atoms with Crippen LogP contribution in [0.15, 0.2) is 72.8 Å². The van der Waals surface area contributed by atoms with Crippen molar-refractivity contribution in [2.45, 2.75) is 96.8 Å². The van der Waals surface area contributed by atoms with E-state index in [1.165, 1.54) is 83.5 Å². The molecule has 6 heteroatoms. The normalized spacial score (nSPS) is 10.7. The molecular weight excluding hydrogens is 540 g/mol. The predicted octanol–water partition coefficient (Wildman–Crippen LogP) is 9.99. The lowest BCUT2D eigenvalue weighted by molar-refractivity contribution is 0.0719. The molecule has 3 rings (SSSR count). The number of ether oxygens (including phenoxy) is 4. The summed E-state index contributed by atoms with van der Waals surface area (Å²) in [6.07, 6.45) is 18.6. The average molecular weight is 589 g/mol. The quantitative estimate of drug-likeness (QED) is 0.0700. The molecule has 0 spiro atoms. The van der Waals surface area contributed by atoms with Crippen LogP contribution in [-0.2, 0) is 0 Å². The summed E-state index contributed by atoms with van der Waals surface area (Å²) in [4.78, 5) is 24.9. The maximum Gasteiger partial charge on any atom is 0.343 e. The Morgan fingerprint density at radius 1 is 0.465 bits per heavy atom. The molecule has 0 unspecified atom stereocenters. The number of hydrogen-bond donors (Lipinski definition) is 0. The summed E-state index contributed by atoms with van der Waals surface area (Å²) >= 11 is 0. The van der Waals surface area contributed by atoms with Gasteiger partial charge in [-0.1, -0.05) is 90.4 Å². The van der Waals surface area contributed by atoms with Crippen molar-refractivity contribution in [2.75, 3.05) is 13.7 Å². The zero-order valence-electron chi connectivity index (χ0n) is 26.0. The van der Waals surface area contributed by atoms with Gasteiger partial charge in [0.05, 0.1) is 24.8 Å². The lowest BCUT2D eigenvalue weighted by atomic mass is 10.0. The highest BCUT2D eigenvalue weighted by molar-refractivity contribution is 5.92. The smallest absolute Gasteiger partial charge is 0.343 e. The van der Waals surface area contributed by atoms with Crippen molar-refractivity contribution in [2.24, 2.45) is 0 Å². The zero-order chi connectivity index (χ0) is 30.5. The Labute approximate surface area is 257 Å². The van der Waals surface area contributed by atoms with Gasteiger partial charge < -0.3 is 18.9 Å². The van der Waals surface area contributed by atoms with Crippen LogP contribution < -0.4 is 18.9 Å². The second-order valence-corrected chi connectivity index (χ2v) is 10.9. The number of rotatable bonds is 21. The van der Waals surface area contributed by atoms with Gasteiger partial charge in [0.15, 0.2) is 0 Å². The fourth-order valence-corrected chi connectivity index (χ4v) is 4.81. The monoisotopic (exact) mass is 588 g/mol. The molecule has 6 nitrogen and oxygen atoms in total. The van der Waals surface area contributed by atoms with Crippen molar-refractivity contribution in [1.82, 2.24) is 0 Å². The number of carbonyl (C=O) groups is 2. The number of benzene rings is 3. The predicted molar refractivity (Wildman–Crippen MR) is 172 cm³/mol. The first-order valence-corrected chi connectivity index (χ1v) is 16.0. The van der Waals surface area contributed by atoms with E-state index in [2.05, 4.69) is 6.92 Å². The number of esters is 2. The molecule has 0 heterocycles. The summed E-state index contributed by atoms with van der Waals surface area (Å²) in [6, 6.07) is 20.0. The SMILES string of the molecule is CCCCCCCCCCCCCCCCOc1ccc(C(=O)Oc2ccc(OC(=O)c3ccc(OC)cc3)cc2)cc1. The largest absolute Gasteiger partial charge is 0.497 e. The van der Waals surface area contributed by atoms with Crippen LogP contribution in [0.5, 0.6) is 23.0 Å². The van der Waals surface area contributed by atoms with Crippen molar-refractivity contribution in [3.05, 3.63) is 83.9 Å². The highest BCUT2D eigenvalue weighted by Crippen LogP contribution is 2.21. The van der Waals surface area contributed by atoms with Gasteiger partial charge in [-0.05, 0) is 79.2 Å². The van der Waals surface area contributed by atoms with Crippen LogP contribution in [0.1, 0.15) is 118 Å². The van der Waals surface area contributed by atoms with Crippen LogP contribution >= 0.6 is 0 Å². The first kappa shape index (κ1) is 33.7. The van der Waals surface area contributed by atoms with Crippen molar-refractivity contribution >= 4 is 11.9 Å². The van der Waals surface area contributed by atoms with Crippen LogP contribution in [0.25, 0.3) is 0 Å². The van der Waals surface area contributed by atoms with E-state index >= 15 is 0 Å². The molecule has 43 heavy (non-hydrogen) atoms. The minimum Gasteiger partial charge on any atom is -0.497 e. The molecule has 0 amide bonds.